The number of nitro benzene ring substituents is 1. The van der Waals surface area contributed by atoms with Crippen molar-refractivity contribution in [1.29, 1.82) is 0 Å². The van der Waals surface area contributed by atoms with E-state index in [-0.39, 0.29) is 17.4 Å². The largest absolute Gasteiger partial charge is 0.269 e. The molecule has 15 heavy (non-hydrogen) atoms. The fraction of sp³-hybridized carbons (Fsp3) is 0.455. The van der Waals surface area contributed by atoms with Crippen LogP contribution in [-0.2, 0) is 0 Å². The molecule has 0 atom stereocenters. The zero-order chi connectivity index (χ0) is 10.8. The number of non-ortho nitro benzene ring substituents is 1. The minimum atomic E-state index is -0.474. The molecule has 0 unspecified atom stereocenters. The van der Waals surface area contributed by atoms with E-state index in [9.17, 15) is 14.5 Å². The van der Waals surface area contributed by atoms with Gasteiger partial charge >= 0.3 is 0 Å². The van der Waals surface area contributed by atoms with Crippen molar-refractivity contribution in [2.45, 2.75) is 31.6 Å². The van der Waals surface area contributed by atoms with Gasteiger partial charge in [0.15, 0.2) is 0 Å². The molecule has 1 fully saturated rings. The molecule has 0 bridgehead atoms. The molecule has 0 N–H and O–H groups in total. The third-order valence-corrected chi connectivity index (χ3v) is 2.99. The Morgan fingerprint density at radius 2 is 2.00 bits per heavy atom. The maximum Gasteiger partial charge on any atom is 0.269 e. The van der Waals surface area contributed by atoms with Crippen molar-refractivity contribution in [1.82, 2.24) is 0 Å². The molecule has 1 aromatic carbocycles. The lowest BCUT2D eigenvalue weighted by Crippen LogP contribution is -1.98. The summed E-state index contributed by atoms with van der Waals surface area (Å²) in [5.41, 5.74) is 0.500. The van der Waals surface area contributed by atoms with E-state index in [1.165, 1.54) is 18.2 Å². The Labute approximate surface area is 87.1 Å². The number of hydrogen-bond donors (Lipinski definition) is 0. The first-order chi connectivity index (χ1) is 7.18. The number of nitrogens with zero attached hydrogens (tertiary/aromatic N) is 1. The third-order valence-electron chi connectivity index (χ3n) is 2.99. The van der Waals surface area contributed by atoms with Gasteiger partial charge in [0.2, 0.25) is 0 Å². The Morgan fingerprint density at radius 3 is 2.60 bits per heavy atom. The molecule has 1 aliphatic carbocycles. The average molecular weight is 209 g/mol. The van der Waals surface area contributed by atoms with Crippen LogP contribution in [0.25, 0.3) is 0 Å². The maximum absolute atomic E-state index is 13.5. The molecular formula is C11H12FNO2. The molecule has 2 rings (SSSR count). The van der Waals surface area contributed by atoms with Gasteiger partial charge in [-0.2, -0.15) is 0 Å². The van der Waals surface area contributed by atoms with Gasteiger partial charge in [0.25, 0.3) is 5.69 Å². The minimum Gasteiger partial charge on any atom is -0.258 e. The van der Waals surface area contributed by atoms with E-state index in [0.717, 1.165) is 25.7 Å². The second-order valence-electron chi connectivity index (χ2n) is 3.94. The topological polar surface area (TPSA) is 43.1 Å². The summed E-state index contributed by atoms with van der Waals surface area (Å²) in [4.78, 5) is 10.1. The first-order valence-corrected chi connectivity index (χ1v) is 5.12. The van der Waals surface area contributed by atoms with Gasteiger partial charge in [0.1, 0.15) is 5.82 Å². The fourth-order valence-electron chi connectivity index (χ4n) is 2.19. The molecule has 4 heteroatoms. The number of halogens is 1. The van der Waals surface area contributed by atoms with Crippen LogP contribution in [0.15, 0.2) is 18.2 Å². The van der Waals surface area contributed by atoms with Gasteiger partial charge in [-0.3, -0.25) is 10.1 Å². The summed E-state index contributed by atoms with van der Waals surface area (Å²) in [6.45, 7) is 0. The van der Waals surface area contributed by atoms with Crippen molar-refractivity contribution in [3.63, 3.8) is 0 Å². The molecule has 0 amide bonds. The molecule has 0 radical (unpaired) electrons. The van der Waals surface area contributed by atoms with Crippen LogP contribution < -0.4 is 0 Å². The van der Waals surface area contributed by atoms with Crippen LogP contribution in [0, 0.1) is 15.9 Å². The monoisotopic (exact) mass is 209 g/mol. The molecular weight excluding hydrogens is 197 g/mol. The smallest absolute Gasteiger partial charge is 0.258 e. The summed E-state index contributed by atoms with van der Waals surface area (Å²) < 4.78 is 13.5. The summed E-state index contributed by atoms with van der Waals surface area (Å²) >= 11 is 0. The Kier molecular flexibility index (Phi) is 2.66. The Balaban J connectivity index is 2.35. The standard InChI is InChI=1S/C11H12FNO2/c12-11-6-5-9(13(14)15)7-10(11)8-3-1-2-4-8/h5-8H,1-4H2. The molecule has 1 aliphatic rings. The number of rotatable bonds is 2. The van der Waals surface area contributed by atoms with Crippen LogP contribution >= 0.6 is 0 Å². The predicted octanol–water partition coefficient (Wildman–Crippen LogP) is 3.39. The molecule has 0 heterocycles. The van der Waals surface area contributed by atoms with E-state index in [1.54, 1.807) is 0 Å². The van der Waals surface area contributed by atoms with Crippen LogP contribution in [0.2, 0.25) is 0 Å². The van der Waals surface area contributed by atoms with E-state index in [2.05, 4.69) is 0 Å². The average Bonchev–Trinajstić information content (AvgIpc) is 2.71. The van der Waals surface area contributed by atoms with E-state index in [1.807, 2.05) is 0 Å². The van der Waals surface area contributed by atoms with Crippen LogP contribution in [0.1, 0.15) is 37.2 Å². The van der Waals surface area contributed by atoms with E-state index < -0.39 is 4.92 Å². The summed E-state index contributed by atoms with van der Waals surface area (Å²) in [6, 6.07) is 3.80. The number of benzene rings is 1. The third kappa shape index (κ3) is 1.98. The highest BCUT2D eigenvalue weighted by atomic mass is 19.1. The van der Waals surface area contributed by atoms with Crippen molar-refractivity contribution in [2.24, 2.45) is 0 Å². The molecule has 0 saturated heterocycles. The summed E-state index contributed by atoms with van der Waals surface area (Å²) in [6.07, 6.45) is 4.07. The summed E-state index contributed by atoms with van der Waals surface area (Å²) in [5.74, 6) is -0.141. The van der Waals surface area contributed by atoms with Gasteiger partial charge in [-0.1, -0.05) is 12.8 Å². The van der Waals surface area contributed by atoms with Gasteiger partial charge in [-0.05, 0) is 30.4 Å². The second kappa shape index (κ2) is 3.96. The van der Waals surface area contributed by atoms with Gasteiger partial charge < -0.3 is 0 Å². The van der Waals surface area contributed by atoms with Crippen LogP contribution in [0.5, 0.6) is 0 Å². The highest BCUT2D eigenvalue weighted by Crippen LogP contribution is 2.36. The fourth-order valence-corrected chi connectivity index (χ4v) is 2.19. The highest BCUT2D eigenvalue weighted by Gasteiger charge is 2.22. The van der Waals surface area contributed by atoms with Crippen molar-refractivity contribution >= 4 is 5.69 Å². The highest BCUT2D eigenvalue weighted by molar-refractivity contribution is 5.37. The molecule has 80 valence electrons. The lowest BCUT2D eigenvalue weighted by Gasteiger charge is -2.09. The van der Waals surface area contributed by atoms with Crippen LogP contribution in [0.4, 0.5) is 10.1 Å². The summed E-state index contributed by atoms with van der Waals surface area (Å²) in [7, 11) is 0. The predicted molar refractivity (Wildman–Crippen MR) is 54.3 cm³/mol. The Hall–Kier alpha value is -1.45. The second-order valence-corrected chi connectivity index (χ2v) is 3.94. The normalized spacial score (nSPS) is 16.9. The van der Waals surface area contributed by atoms with E-state index in [4.69, 9.17) is 0 Å². The van der Waals surface area contributed by atoms with Gasteiger partial charge in [-0.15, -0.1) is 0 Å². The Bertz CT molecular complexity index is 386. The zero-order valence-corrected chi connectivity index (χ0v) is 8.28. The van der Waals surface area contributed by atoms with Crippen molar-refractivity contribution in [3.05, 3.63) is 39.7 Å². The lowest BCUT2D eigenvalue weighted by molar-refractivity contribution is -0.385. The zero-order valence-electron chi connectivity index (χ0n) is 8.28. The SMILES string of the molecule is O=[N+]([O-])c1ccc(F)c(C2CCCC2)c1. The lowest BCUT2D eigenvalue weighted by atomic mass is 9.97. The quantitative estimate of drug-likeness (QED) is 0.553. The van der Waals surface area contributed by atoms with Crippen molar-refractivity contribution in [2.75, 3.05) is 0 Å². The molecule has 0 aliphatic heterocycles. The van der Waals surface area contributed by atoms with Crippen LogP contribution in [0.3, 0.4) is 0 Å². The van der Waals surface area contributed by atoms with E-state index >= 15 is 0 Å². The van der Waals surface area contributed by atoms with Crippen molar-refractivity contribution < 1.29 is 9.31 Å². The number of hydrogen-bond acceptors (Lipinski definition) is 2. The summed E-state index contributed by atoms with van der Waals surface area (Å²) in [5, 5.41) is 10.6. The first-order valence-electron chi connectivity index (χ1n) is 5.12. The minimum absolute atomic E-state index is 0.0155. The molecule has 0 aromatic heterocycles. The first kappa shape index (κ1) is 10.1. The van der Waals surface area contributed by atoms with Gasteiger partial charge in [0.05, 0.1) is 4.92 Å². The van der Waals surface area contributed by atoms with E-state index in [0.29, 0.717) is 5.56 Å². The molecule has 1 aromatic rings. The van der Waals surface area contributed by atoms with Gasteiger partial charge in [0, 0.05) is 12.1 Å². The van der Waals surface area contributed by atoms with Crippen LogP contribution in [-0.4, -0.2) is 4.92 Å². The number of nitro groups is 1. The molecule has 1 saturated carbocycles. The van der Waals surface area contributed by atoms with Crippen molar-refractivity contribution in [3.8, 4) is 0 Å². The molecule has 3 nitrogen and oxygen atoms in total. The maximum atomic E-state index is 13.5. The molecule has 0 spiro atoms. The van der Waals surface area contributed by atoms with Gasteiger partial charge in [-0.25, -0.2) is 4.39 Å². The Morgan fingerprint density at radius 1 is 1.33 bits per heavy atom.